The molecular formula is C14H16N2O4S2. The second-order valence-corrected chi connectivity index (χ2v) is 7.54. The van der Waals surface area contributed by atoms with Crippen molar-refractivity contribution >= 4 is 27.3 Å². The Bertz CT molecular complexity index is 741. The molecule has 0 saturated heterocycles. The Labute approximate surface area is 132 Å². The summed E-state index contributed by atoms with van der Waals surface area (Å²) in [4.78, 5) is 16.3. The lowest BCUT2D eigenvalue weighted by molar-refractivity contribution is -0.139. The Kier molecular flexibility index (Phi) is 5.28. The van der Waals surface area contributed by atoms with Crippen LogP contribution in [0.2, 0.25) is 0 Å². The summed E-state index contributed by atoms with van der Waals surface area (Å²) in [7, 11) is -3.72. The molecule has 1 aromatic heterocycles. The Morgan fingerprint density at radius 3 is 2.59 bits per heavy atom. The number of benzene rings is 1. The van der Waals surface area contributed by atoms with E-state index in [9.17, 15) is 18.3 Å². The van der Waals surface area contributed by atoms with E-state index in [4.69, 9.17) is 0 Å². The third-order valence-corrected chi connectivity index (χ3v) is 5.45. The van der Waals surface area contributed by atoms with Gasteiger partial charge in [0.1, 0.15) is 6.04 Å². The summed E-state index contributed by atoms with van der Waals surface area (Å²) in [6.07, 6.45) is 0.312. The molecule has 0 aliphatic carbocycles. The third-order valence-electron chi connectivity index (χ3n) is 3.12. The molecule has 2 rings (SSSR count). The highest BCUT2D eigenvalue weighted by atomic mass is 32.2. The first-order valence-corrected chi connectivity index (χ1v) is 9.09. The van der Waals surface area contributed by atoms with Crippen LogP contribution in [-0.2, 0) is 21.2 Å². The van der Waals surface area contributed by atoms with Crippen LogP contribution in [0.5, 0.6) is 0 Å². The number of hydrogen-bond donors (Lipinski definition) is 2. The van der Waals surface area contributed by atoms with Gasteiger partial charge in [-0.05, 0) is 18.9 Å². The van der Waals surface area contributed by atoms with Gasteiger partial charge in [-0.15, -0.1) is 11.3 Å². The largest absolute Gasteiger partial charge is 0.480 e. The van der Waals surface area contributed by atoms with Gasteiger partial charge in [-0.2, -0.15) is 4.72 Å². The first-order valence-electron chi connectivity index (χ1n) is 6.56. The van der Waals surface area contributed by atoms with Gasteiger partial charge in [0, 0.05) is 4.88 Å². The molecule has 6 nitrogen and oxygen atoms in total. The summed E-state index contributed by atoms with van der Waals surface area (Å²) in [5, 5.41) is 9.25. The lowest BCUT2D eigenvalue weighted by atomic mass is 10.1. The molecule has 0 bridgehead atoms. The van der Waals surface area contributed by atoms with Gasteiger partial charge in [0.25, 0.3) is 0 Å². The first-order chi connectivity index (χ1) is 10.4. The van der Waals surface area contributed by atoms with E-state index in [-0.39, 0.29) is 5.75 Å². The lowest BCUT2D eigenvalue weighted by Crippen LogP contribution is -2.35. The Balaban J connectivity index is 2.08. The minimum absolute atomic E-state index is 0.174. The normalized spacial score (nSPS) is 13.0. The van der Waals surface area contributed by atoms with Gasteiger partial charge in [0.2, 0.25) is 10.0 Å². The van der Waals surface area contributed by atoms with E-state index in [1.54, 1.807) is 35.8 Å². The maximum absolute atomic E-state index is 12.1. The van der Waals surface area contributed by atoms with Gasteiger partial charge in [-0.25, -0.2) is 13.4 Å². The molecule has 0 spiro atoms. The van der Waals surface area contributed by atoms with Crippen LogP contribution in [-0.4, -0.2) is 30.2 Å². The lowest BCUT2D eigenvalue weighted by Gasteiger charge is -2.15. The van der Waals surface area contributed by atoms with Crippen molar-refractivity contribution < 1.29 is 18.3 Å². The molecule has 0 aliphatic heterocycles. The number of aliphatic carboxylic acids is 1. The van der Waals surface area contributed by atoms with Crippen LogP contribution >= 0.6 is 11.3 Å². The standard InChI is InChI=1S/C14H16N2O4S2/c1-10-12(21-9-15-10)7-8-22(19,20)16-13(14(17)18)11-5-3-2-4-6-11/h2-6,9,13,16H,7-8H2,1H3,(H,17,18)/t13-/m1/s1. The number of aromatic nitrogens is 1. The summed E-state index contributed by atoms with van der Waals surface area (Å²) in [5.74, 6) is -1.41. The van der Waals surface area contributed by atoms with Crippen molar-refractivity contribution in [1.82, 2.24) is 9.71 Å². The van der Waals surface area contributed by atoms with Crippen LogP contribution in [0.15, 0.2) is 35.8 Å². The average Bonchev–Trinajstić information content (AvgIpc) is 2.89. The number of hydrogen-bond acceptors (Lipinski definition) is 5. The smallest absolute Gasteiger partial charge is 0.326 e. The van der Waals surface area contributed by atoms with Gasteiger partial charge in [0.05, 0.1) is 17.0 Å². The fourth-order valence-corrected chi connectivity index (χ4v) is 4.04. The molecule has 1 aromatic carbocycles. The maximum atomic E-state index is 12.1. The summed E-state index contributed by atoms with van der Waals surface area (Å²) in [6.45, 7) is 1.82. The van der Waals surface area contributed by atoms with Crippen LogP contribution in [0, 0.1) is 6.92 Å². The molecular weight excluding hydrogens is 324 g/mol. The quantitative estimate of drug-likeness (QED) is 0.800. The molecule has 0 radical (unpaired) electrons. The summed E-state index contributed by atoms with van der Waals surface area (Å²) >= 11 is 1.39. The fraction of sp³-hybridized carbons (Fsp3) is 0.286. The zero-order chi connectivity index (χ0) is 16.2. The van der Waals surface area contributed by atoms with E-state index >= 15 is 0 Å². The van der Waals surface area contributed by atoms with Crippen LogP contribution < -0.4 is 4.72 Å². The monoisotopic (exact) mass is 340 g/mol. The van der Waals surface area contributed by atoms with Crippen molar-refractivity contribution in [2.45, 2.75) is 19.4 Å². The van der Waals surface area contributed by atoms with E-state index in [1.165, 1.54) is 11.3 Å². The van der Waals surface area contributed by atoms with Crippen molar-refractivity contribution in [3.63, 3.8) is 0 Å². The predicted octanol–water partition coefficient (Wildman–Crippen LogP) is 1.74. The summed E-state index contributed by atoms with van der Waals surface area (Å²) in [6, 6.07) is 6.95. The highest BCUT2D eigenvalue weighted by molar-refractivity contribution is 7.89. The number of nitrogens with zero attached hydrogens (tertiary/aromatic N) is 1. The molecule has 1 atom stereocenters. The molecule has 0 saturated carbocycles. The number of carboxylic acid groups (broad SMARTS) is 1. The van der Waals surface area contributed by atoms with Crippen molar-refractivity contribution in [3.05, 3.63) is 52.0 Å². The van der Waals surface area contributed by atoms with Crippen molar-refractivity contribution in [3.8, 4) is 0 Å². The zero-order valence-corrected chi connectivity index (χ0v) is 13.5. The second kappa shape index (κ2) is 6.99. The van der Waals surface area contributed by atoms with Crippen LogP contribution in [0.1, 0.15) is 22.2 Å². The van der Waals surface area contributed by atoms with Crippen molar-refractivity contribution in [2.75, 3.05) is 5.75 Å². The molecule has 0 amide bonds. The predicted molar refractivity (Wildman–Crippen MR) is 84.3 cm³/mol. The first kappa shape index (κ1) is 16.6. The SMILES string of the molecule is Cc1ncsc1CCS(=O)(=O)N[C@@H](C(=O)O)c1ccccc1. The van der Waals surface area contributed by atoms with Crippen molar-refractivity contribution in [1.29, 1.82) is 0 Å². The van der Waals surface area contributed by atoms with Gasteiger partial charge in [0.15, 0.2) is 0 Å². The number of carboxylic acids is 1. The van der Waals surface area contributed by atoms with Crippen LogP contribution in [0.25, 0.3) is 0 Å². The zero-order valence-electron chi connectivity index (χ0n) is 11.9. The topological polar surface area (TPSA) is 96.4 Å². The number of rotatable bonds is 7. The number of carbonyl (C=O) groups is 1. The fourth-order valence-electron chi connectivity index (χ4n) is 1.94. The summed E-state index contributed by atoms with van der Waals surface area (Å²) in [5.41, 5.74) is 2.86. The number of thiazole rings is 1. The highest BCUT2D eigenvalue weighted by Gasteiger charge is 2.25. The number of nitrogens with one attached hydrogen (secondary N) is 1. The third kappa shape index (κ3) is 4.36. The summed E-state index contributed by atoms with van der Waals surface area (Å²) < 4.78 is 26.5. The van der Waals surface area contributed by atoms with E-state index < -0.39 is 22.0 Å². The van der Waals surface area contributed by atoms with Gasteiger partial charge in [-0.3, -0.25) is 4.79 Å². The Morgan fingerprint density at radius 1 is 1.36 bits per heavy atom. The molecule has 8 heteroatoms. The second-order valence-electron chi connectivity index (χ2n) is 4.73. The molecule has 1 heterocycles. The molecule has 0 unspecified atom stereocenters. The molecule has 2 aromatic rings. The highest BCUT2D eigenvalue weighted by Crippen LogP contribution is 2.16. The minimum Gasteiger partial charge on any atom is -0.480 e. The molecule has 118 valence electrons. The number of sulfonamides is 1. The van der Waals surface area contributed by atoms with Gasteiger partial charge < -0.3 is 5.11 Å². The van der Waals surface area contributed by atoms with E-state index in [0.29, 0.717) is 12.0 Å². The van der Waals surface area contributed by atoms with Crippen LogP contribution in [0.3, 0.4) is 0 Å². The Morgan fingerprint density at radius 2 is 2.05 bits per heavy atom. The van der Waals surface area contributed by atoms with Gasteiger partial charge >= 0.3 is 5.97 Å². The van der Waals surface area contributed by atoms with Crippen LogP contribution in [0.4, 0.5) is 0 Å². The van der Waals surface area contributed by atoms with Gasteiger partial charge in [-0.1, -0.05) is 30.3 Å². The van der Waals surface area contributed by atoms with E-state index in [0.717, 1.165) is 10.6 Å². The maximum Gasteiger partial charge on any atom is 0.326 e. The minimum atomic E-state index is -3.72. The Hall–Kier alpha value is -1.77. The van der Waals surface area contributed by atoms with E-state index in [2.05, 4.69) is 9.71 Å². The molecule has 0 aliphatic rings. The van der Waals surface area contributed by atoms with E-state index in [1.807, 2.05) is 6.92 Å². The average molecular weight is 340 g/mol. The molecule has 0 fully saturated rings. The number of aryl methyl sites for hydroxylation is 2. The molecule has 2 N–H and O–H groups in total. The van der Waals surface area contributed by atoms with Crippen molar-refractivity contribution in [2.24, 2.45) is 0 Å². The molecule has 22 heavy (non-hydrogen) atoms.